The molecule has 0 fully saturated rings. The van der Waals surface area contributed by atoms with E-state index in [-0.39, 0.29) is 46.9 Å². The van der Waals surface area contributed by atoms with Gasteiger partial charge in [-0.1, -0.05) is 97.4 Å². The molecule has 0 aromatic heterocycles. The lowest BCUT2D eigenvalue weighted by atomic mass is 9.74. The minimum atomic E-state index is -0.661. The number of amides is 1. The van der Waals surface area contributed by atoms with Crippen molar-refractivity contribution in [2.24, 2.45) is 29.6 Å². The molecule has 0 saturated heterocycles. The van der Waals surface area contributed by atoms with Crippen molar-refractivity contribution in [3.63, 3.8) is 0 Å². The number of ketones is 2. The van der Waals surface area contributed by atoms with E-state index in [1.165, 1.54) is 38.3 Å². The number of aliphatic hydroxyl groups is 1. The van der Waals surface area contributed by atoms with E-state index in [4.69, 9.17) is 4.74 Å². The molecular formula is C37H55NO6. The molecule has 0 saturated carbocycles. The molecule has 2 N–H and O–H groups in total. The summed E-state index contributed by atoms with van der Waals surface area (Å²) in [5, 5.41) is 14.1. The van der Waals surface area contributed by atoms with Crippen molar-refractivity contribution >= 4 is 23.4 Å². The molecule has 0 aromatic carbocycles. The van der Waals surface area contributed by atoms with E-state index >= 15 is 0 Å². The van der Waals surface area contributed by atoms with Gasteiger partial charge in [0.25, 0.3) is 5.91 Å². The highest BCUT2D eigenvalue weighted by Gasteiger charge is 2.34. The molecule has 244 valence electrons. The lowest BCUT2D eigenvalue weighted by Crippen LogP contribution is -2.35. The topological polar surface area (TPSA) is 110 Å². The molecule has 0 aromatic rings. The molecule has 1 unspecified atom stereocenters. The summed E-state index contributed by atoms with van der Waals surface area (Å²) in [7, 11) is 0. The van der Waals surface area contributed by atoms with E-state index in [1.54, 1.807) is 19.1 Å². The second kappa shape index (κ2) is 18.0. The Morgan fingerprint density at radius 2 is 1.61 bits per heavy atom. The van der Waals surface area contributed by atoms with Gasteiger partial charge in [-0.25, -0.2) is 0 Å². The van der Waals surface area contributed by atoms with Crippen molar-refractivity contribution < 1.29 is 29.0 Å². The Hall–Kier alpha value is -3.06. The maximum Gasteiger partial charge on any atom is 0.303 e. The van der Waals surface area contributed by atoms with E-state index in [0.29, 0.717) is 17.6 Å². The van der Waals surface area contributed by atoms with E-state index in [9.17, 15) is 24.3 Å². The van der Waals surface area contributed by atoms with Gasteiger partial charge in [-0.3, -0.25) is 19.2 Å². The Labute approximate surface area is 265 Å². The molecule has 1 amide bonds. The Morgan fingerprint density at radius 1 is 0.955 bits per heavy atom. The van der Waals surface area contributed by atoms with Gasteiger partial charge < -0.3 is 15.2 Å². The first kappa shape index (κ1) is 37.1. The Balaban J connectivity index is 2.51. The molecule has 0 spiro atoms. The molecule has 7 atom stereocenters. The minimum absolute atomic E-state index is 0.00267. The van der Waals surface area contributed by atoms with Crippen molar-refractivity contribution in [1.29, 1.82) is 0 Å². The van der Waals surface area contributed by atoms with Crippen LogP contribution in [-0.2, 0) is 23.9 Å². The van der Waals surface area contributed by atoms with Crippen LogP contribution in [-0.4, -0.2) is 40.8 Å². The minimum Gasteiger partial charge on any atom is -0.457 e. The molecule has 2 aliphatic rings. The number of esters is 1. The quantitative estimate of drug-likeness (QED) is 0.131. The second-order valence-electron chi connectivity index (χ2n) is 13.1. The van der Waals surface area contributed by atoms with Crippen LogP contribution in [0.1, 0.15) is 107 Å². The van der Waals surface area contributed by atoms with Crippen molar-refractivity contribution in [2.75, 3.05) is 0 Å². The Kier molecular flexibility index (Phi) is 15.2. The van der Waals surface area contributed by atoms with Crippen LogP contribution in [0.25, 0.3) is 0 Å². The highest BCUT2D eigenvalue weighted by atomic mass is 16.5. The van der Waals surface area contributed by atoms with Gasteiger partial charge in [-0.15, -0.1) is 0 Å². The molecule has 44 heavy (non-hydrogen) atoms. The predicted molar refractivity (Wildman–Crippen MR) is 175 cm³/mol. The lowest BCUT2D eigenvalue weighted by molar-refractivity contribution is -0.146. The highest BCUT2D eigenvalue weighted by Crippen LogP contribution is 2.36. The van der Waals surface area contributed by atoms with Crippen LogP contribution in [0, 0.1) is 29.6 Å². The number of rotatable bonds is 8. The third-order valence-corrected chi connectivity index (χ3v) is 9.02. The largest absolute Gasteiger partial charge is 0.457 e. The summed E-state index contributed by atoms with van der Waals surface area (Å²) >= 11 is 0. The summed E-state index contributed by atoms with van der Waals surface area (Å²) < 4.78 is 5.68. The number of carbonyl (C=O) groups is 4. The number of unbranched alkanes of at least 4 members (excludes halogenated alkanes) is 5. The predicted octanol–water partition coefficient (Wildman–Crippen LogP) is 7.12. The van der Waals surface area contributed by atoms with E-state index in [0.717, 1.165) is 31.3 Å². The highest BCUT2D eigenvalue weighted by molar-refractivity contribution is 6.21. The molecule has 1 aliphatic heterocycles. The molecule has 2 bridgehead atoms. The van der Waals surface area contributed by atoms with E-state index < -0.39 is 24.1 Å². The zero-order valence-corrected chi connectivity index (χ0v) is 28.2. The smallest absolute Gasteiger partial charge is 0.303 e. The fourth-order valence-electron chi connectivity index (χ4n) is 6.47. The fourth-order valence-corrected chi connectivity index (χ4v) is 6.47. The van der Waals surface area contributed by atoms with Gasteiger partial charge in [0, 0.05) is 36.0 Å². The number of allylic oxidation sites excluding steroid dienone is 5. The van der Waals surface area contributed by atoms with Crippen LogP contribution in [0.4, 0.5) is 0 Å². The first-order chi connectivity index (χ1) is 20.8. The number of ether oxygens (including phenoxy) is 1. The Bertz CT molecular complexity index is 1190. The first-order valence-electron chi connectivity index (χ1n) is 16.5. The number of Topliss-reactive ketones (excluding diaryl/α,β-unsaturated/α-hetero) is 1. The average molecular weight is 610 g/mol. The van der Waals surface area contributed by atoms with Gasteiger partial charge in [-0.2, -0.15) is 0 Å². The average Bonchev–Trinajstić information content (AvgIpc) is 2.95. The van der Waals surface area contributed by atoms with Gasteiger partial charge in [0.05, 0.1) is 11.8 Å². The number of nitrogens with one attached hydrogen (secondary N) is 1. The summed E-state index contributed by atoms with van der Waals surface area (Å²) in [5.74, 6) is -2.18. The molecular weight excluding hydrogens is 554 g/mol. The summed E-state index contributed by atoms with van der Waals surface area (Å²) in [4.78, 5) is 51.6. The molecule has 1 aliphatic carbocycles. The normalized spacial score (nSPS) is 32.4. The molecule has 7 nitrogen and oxygen atoms in total. The van der Waals surface area contributed by atoms with Crippen LogP contribution >= 0.6 is 0 Å². The van der Waals surface area contributed by atoms with Crippen LogP contribution < -0.4 is 5.32 Å². The summed E-state index contributed by atoms with van der Waals surface area (Å²) in [5.41, 5.74) is 1.65. The van der Waals surface area contributed by atoms with Gasteiger partial charge in [0.1, 0.15) is 6.10 Å². The van der Waals surface area contributed by atoms with Crippen LogP contribution in [0.3, 0.4) is 0 Å². The van der Waals surface area contributed by atoms with Gasteiger partial charge >= 0.3 is 5.97 Å². The van der Waals surface area contributed by atoms with Crippen molar-refractivity contribution in [1.82, 2.24) is 5.32 Å². The molecule has 2 rings (SSSR count). The van der Waals surface area contributed by atoms with Crippen LogP contribution in [0.2, 0.25) is 0 Å². The third kappa shape index (κ3) is 11.1. The standard InChI is InChI=1S/C37H55NO6/c1-9-10-11-12-13-14-18-31-25(4)19-26(5)34(41)27(6)20-28(7)36(44-29(8)39)23(2)16-15-17-24(3)37(43)38-33-22-30(40)21-32(31)35(33)42/h15-17,20-23,25-27,31,34,36,41H,9-14,18-19H2,1-8H3,(H,38,43)/b16-15-,24-17+,28-20+/t23-,25-,26-,27-,31?,34-,36+/m0/s1. The van der Waals surface area contributed by atoms with Crippen LogP contribution in [0.5, 0.6) is 0 Å². The molecule has 7 heteroatoms. The lowest BCUT2D eigenvalue weighted by Gasteiger charge is -2.32. The number of carbonyl (C=O) groups excluding carboxylic acids is 4. The van der Waals surface area contributed by atoms with Gasteiger partial charge in [0.2, 0.25) is 5.78 Å². The third-order valence-electron chi connectivity index (χ3n) is 9.02. The van der Waals surface area contributed by atoms with Crippen molar-refractivity contribution in [2.45, 2.75) is 119 Å². The number of aliphatic hydroxyl groups excluding tert-OH is 1. The van der Waals surface area contributed by atoms with Gasteiger partial charge in [-0.05, 0) is 56.1 Å². The zero-order valence-electron chi connectivity index (χ0n) is 28.2. The van der Waals surface area contributed by atoms with E-state index in [2.05, 4.69) is 19.2 Å². The molecule has 1 heterocycles. The SMILES string of the molecule is CCCCCCCCC1C2=CC(=O)C=C(NC(=O)/C(C)=C/C=C\[C@H](C)[C@@H](OC(C)=O)/C(C)=C/[C@H](C)[C@@H](O)[C@@H](C)C[C@@H]1C)C2=O. The summed E-state index contributed by atoms with van der Waals surface area (Å²) in [6.45, 7) is 15.1. The zero-order chi connectivity index (χ0) is 33.0. The Morgan fingerprint density at radius 3 is 2.27 bits per heavy atom. The number of hydrogen-bond donors (Lipinski definition) is 2. The van der Waals surface area contributed by atoms with Gasteiger partial charge in [0.15, 0.2) is 5.78 Å². The summed E-state index contributed by atoms with van der Waals surface area (Å²) in [6.07, 6.45) is 16.7. The van der Waals surface area contributed by atoms with Crippen molar-refractivity contribution in [3.05, 3.63) is 58.9 Å². The maximum atomic E-state index is 13.8. The fraction of sp³-hybridized carbons (Fsp3) is 0.622. The number of hydrogen-bond acceptors (Lipinski definition) is 6. The molecule has 0 radical (unpaired) electrons. The maximum absolute atomic E-state index is 13.8. The van der Waals surface area contributed by atoms with Crippen molar-refractivity contribution in [3.8, 4) is 0 Å². The summed E-state index contributed by atoms with van der Waals surface area (Å²) in [6, 6.07) is 0. The first-order valence-corrected chi connectivity index (χ1v) is 16.5. The monoisotopic (exact) mass is 609 g/mol. The second-order valence-corrected chi connectivity index (χ2v) is 13.1. The van der Waals surface area contributed by atoms with E-state index in [1.807, 2.05) is 39.8 Å². The number of fused-ring (bicyclic) bond motifs is 2. The van der Waals surface area contributed by atoms with Crippen LogP contribution in [0.15, 0.2) is 58.9 Å².